The minimum absolute atomic E-state index is 0.135. The molecule has 2 rings (SSSR count). The van der Waals surface area contributed by atoms with Crippen molar-refractivity contribution in [2.24, 2.45) is 11.3 Å². The summed E-state index contributed by atoms with van der Waals surface area (Å²) < 4.78 is 11.1. The molecule has 128 valence electrons. The Morgan fingerprint density at radius 2 is 2.05 bits per heavy atom. The van der Waals surface area contributed by atoms with Crippen molar-refractivity contribution < 1.29 is 19.4 Å². The van der Waals surface area contributed by atoms with Gasteiger partial charge in [0.25, 0.3) is 0 Å². The van der Waals surface area contributed by atoms with E-state index in [2.05, 4.69) is 6.92 Å². The van der Waals surface area contributed by atoms with E-state index in [1.807, 2.05) is 0 Å². The van der Waals surface area contributed by atoms with Crippen LogP contribution in [0.25, 0.3) is 0 Å². The number of aliphatic hydroxyl groups is 1. The number of likely N-dealkylation sites (tertiary alicyclic amines) is 1. The molecule has 2 aliphatic rings. The summed E-state index contributed by atoms with van der Waals surface area (Å²) in [5, 5.41) is 9.76. The topological polar surface area (TPSA) is 59.0 Å². The molecule has 0 spiro atoms. The van der Waals surface area contributed by atoms with E-state index in [0.29, 0.717) is 26.3 Å². The Labute approximate surface area is 134 Å². The van der Waals surface area contributed by atoms with Gasteiger partial charge >= 0.3 is 6.09 Å². The zero-order valence-corrected chi connectivity index (χ0v) is 13.9. The highest BCUT2D eigenvalue weighted by Gasteiger charge is 2.36. The second kappa shape index (κ2) is 8.73. The van der Waals surface area contributed by atoms with E-state index in [9.17, 15) is 9.90 Å². The zero-order chi connectivity index (χ0) is 15.8. The molecule has 1 N–H and O–H groups in total. The fourth-order valence-corrected chi connectivity index (χ4v) is 3.01. The Hall–Kier alpha value is -0.810. The number of aliphatic hydroxyl groups excluding tert-OH is 1. The maximum atomic E-state index is 11.9. The van der Waals surface area contributed by atoms with Crippen LogP contribution >= 0.6 is 0 Å². The Kier molecular flexibility index (Phi) is 6.96. The lowest BCUT2D eigenvalue weighted by Gasteiger charge is -2.40. The summed E-state index contributed by atoms with van der Waals surface area (Å²) in [6.07, 6.45) is 7.19. The Bertz CT molecular complexity index is 336. The number of piperidine rings is 1. The van der Waals surface area contributed by atoms with Crippen molar-refractivity contribution in [3.63, 3.8) is 0 Å². The Morgan fingerprint density at radius 1 is 1.32 bits per heavy atom. The van der Waals surface area contributed by atoms with Crippen LogP contribution in [0.15, 0.2) is 0 Å². The van der Waals surface area contributed by atoms with Crippen molar-refractivity contribution in [2.45, 2.75) is 51.9 Å². The van der Waals surface area contributed by atoms with Crippen molar-refractivity contribution >= 4 is 6.09 Å². The van der Waals surface area contributed by atoms with Gasteiger partial charge in [-0.2, -0.15) is 0 Å². The first kappa shape index (κ1) is 17.5. The third-order valence-electron chi connectivity index (χ3n) is 5.13. The van der Waals surface area contributed by atoms with E-state index >= 15 is 0 Å². The SMILES string of the molecule is CCCCOC(=O)N1CCC(CO)(COCC2CCC2)CC1. The van der Waals surface area contributed by atoms with Gasteiger partial charge in [-0.1, -0.05) is 19.8 Å². The normalized spacial score (nSPS) is 21.5. The number of amides is 1. The van der Waals surface area contributed by atoms with Crippen LogP contribution in [-0.2, 0) is 9.47 Å². The lowest BCUT2D eigenvalue weighted by molar-refractivity contribution is -0.0458. The summed E-state index contributed by atoms with van der Waals surface area (Å²) in [6, 6.07) is 0. The fraction of sp³-hybridized carbons (Fsp3) is 0.941. The smallest absolute Gasteiger partial charge is 0.409 e. The maximum absolute atomic E-state index is 11.9. The van der Waals surface area contributed by atoms with E-state index in [1.54, 1.807) is 4.90 Å². The highest BCUT2D eigenvalue weighted by atomic mass is 16.6. The lowest BCUT2D eigenvalue weighted by atomic mass is 9.80. The first-order valence-electron chi connectivity index (χ1n) is 8.79. The first-order valence-corrected chi connectivity index (χ1v) is 8.79. The van der Waals surface area contributed by atoms with Crippen LogP contribution in [0.2, 0.25) is 0 Å². The van der Waals surface area contributed by atoms with Gasteiger partial charge in [0.15, 0.2) is 0 Å². The van der Waals surface area contributed by atoms with E-state index in [-0.39, 0.29) is 18.1 Å². The molecular weight excluding hydrogens is 282 g/mol. The second-order valence-electron chi connectivity index (χ2n) is 6.93. The fourth-order valence-electron chi connectivity index (χ4n) is 3.01. The van der Waals surface area contributed by atoms with E-state index < -0.39 is 0 Å². The van der Waals surface area contributed by atoms with Gasteiger partial charge in [-0.15, -0.1) is 0 Å². The average Bonchev–Trinajstić information content (AvgIpc) is 2.50. The monoisotopic (exact) mass is 313 g/mol. The Balaban J connectivity index is 1.68. The minimum Gasteiger partial charge on any atom is -0.449 e. The maximum Gasteiger partial charge on any atom is 0.409 e. The molecule has 5 nitrogen and oxygen atoms in total. The molecule has 2 fully saturated rings. The highest BCUT2D eigenvalue weighted by Crippen LogP contribution is 2.33. The summed E-state index contributed by atoms with van der Waals surface area (Å²) in [6.45, 7) is 5.45. The molecule has 1 aliphatic carbocycles. The van der Waals surface area contributed by atoms with Gasteiger partial charge < -0.3 is 19.5 Å². The molecule has 0 aromatic rings. The van der Waals surface area contributed by atoms with Gasteiger partial charge in [0.05, 0.1) is 19.8 Å². The molecule has 0 aromatic carbocycles. The molecule has 1 saturated carbocycles. The molecule has 0 atom stereocenters. The van der Waals surface area contributed by atoms with Crippen molar-refractivity contribution in [2.75, 3.05) is 39.5 Å². The van der Waals surface area contributed by atoms with Crippen LogP contribution in [0.1, 0.15) is 51.9 Å². The molecule has 5 heteroatoms. The minimum atomic E-state index is -0.213. The third kappa shape index (κ3) is 4.85. The van der Waals surface area contributed by atoms with Gasteiger partial charge in [0.1, 0.15) is 0 Å². The largest absolute Gasteiger partial charge is 0.449 e. The predicted octanol–water partition coefficient (Wildman–Crippen LogP) is 2.81. The standard InChI is InChI=1S/C17H31NO4/c1-2-3-11-22-16(20)18-9-7-17(13-19,8-10-18)14-21-12-15-5-4-6-15/h15,19H,2-14H2,1H3. The molecule has 1 aliphatic heterocycles. The lowest BCUT2D eigenvalue weighted by Crippen LogP contribution is -2.47. The molecule has 0 aromatic heterocycles. The molecular formula is C17H31NO4. The van der Waals surface area contributed by atoms with Gasteiger partial charge in [0.2, 0.25) is 0 Å². The number of nitrogens with zero attached hydrogens (tertiary/aromatic N) is 1. The van der Waals surface area contributed by atoms with Crippen LogP contribution in [0.3, 0.4) is 0 Å². The van der Waals surface area contributed by atoms with Crippen LogP contribution in [-0.4, -0.2) is 55.6 Å². The predicted molar refractivity (Wildman–Crippen MR) is 84.7 cm³/mol. The van der Waals surface area contributed by atoms with Crippen molar-refractivity contribution in [1.29, 1.82) is 0 Å². The first-order chi connectivity index (χ1) is 10.7. The van der Waals surface area contributed by atoms with Crippen molar-refractivity contribution in [1.82, 2.24) is 4.90 Å². The van der Waals surface area contributed by atoms with Gasteiger partial charge in [-0.25, -0.2) is 4.79 Å². The van der Waals surface area contributed by atoms with Gasteiger partial charge in [-0.3, -0.25) is 0 Å². The van der Waals surface area contributed by atoms with Gasteiger partial charge in [0, 0.05) is 25.1 Å². The zero-order valence-electron chi connectivity index (χ0n) is 13.9. The van der Waals surface area contributed by atoms with Crippen molar-refractivity contribution in [3.8, 4) is 0 Å². The van der Waals surface area contributed by atoms with Crippen LogP contribution in [0.4, 0.5) is 4.79 Å². The summed E-state index contributed by atoms with van der Waals surface area (Å²) in [7, 11) is 0. The Morgan fingerprint density at radius 3 is 2.59 bits per heavy atom. The summed E-state index contributed by atoms with van der Waals surface area (Å²) in [4.78, 5) is 13.7. The molecule has 22 heavy (non-hydrogen) atoms. The number of hydrogen-bond acceptors (Lipinski definition) is 4. The summed E-state index contributed by atoms with van der Waals surface area (Å²) in [5.74, 6) is 0.726. The summed E-state index contributed by atoms with van der Waals surface area (Å²) >= 11 is 0. The molecule has 1 saturated heterocycles. The third-order valence-corrected chi connectivity index (χ3v) is 5.13. The number of unbranched alkanes of at least 4 members (excludes halogenated alkanes) is 1. The molecule has 0 unspecified atom stereocenters. The summed E-state index contributed by atoms with van der Waals surface area (Å²) in [5.41, 5.74) is -0.177. The number of ether oxygens (including phenoxy) is 2. The quantitative estimate of drug-likeness (QED) is 0.700. The molecule has 1 amide bonds. The number of carbonyl (C=O) groups is 1. The second-order valence-corrected chi connectivity index (χ2v) is 6.93. The number of rotatable bonds is 8. The number of carbonyl (C=O) groups excluding carboxylic acids is 1. The van der Waals surface area contributed by atoms with Crippen LogP contribution in [0, 0.1) is 11.3 Å². The highest BCUT2D eigenvalue weighted by molar-refractivity contribution is 5.67. The van der Waals surface area contributed by atoms with Crippen LogP contribution in [0.5, 0.6) is 0 Å². The molecule has 0 bridgehead atoms. The van der Waals surface area contributed by atoms with E-state index in [0.717, 1.165) is 38.2 Å². The van der Waals surface area contributed by atoms with Crippen LogP contribution < -0.4 is 0 Å². The number of hydrogen-bond donors (Lipinski definition) is 1. The van der Waals surface area contributed by atoms with E-state index in [1.165, 1.54) is 19.3 Å². The van der Waals surface area contributed by atoms with E-state index in [4.69, 9.17) is 9.47 Å². The molecule has 0 radical (unpaired) electrons. The van der Waals surface area contributed by atoms with Gasteiger partial charge in [-0.05, 0) is 38.0 Å². The molecule has 1 heterocycles. The average molecular weight is 313 g/mol. The van der Waals surface area contributed by atoms with Crippen molar-refractivity contribution in [3.05, 3.63) is 0 Å².